The molecule has 12 nitrogen and oxygen atoms in total. The second-order valence-corrected chi connectivity index (χ2v) is 30.9. The Morgan fingerprint density at radius 1 is 0.221 bits per heavy atom. The first-order valence-electron chi connectivity index (χ1n) is 40.5. The van der Waals surface area contributed by atoms with Crippen LogP contribution in [0.3, 0.4) is 0 Å². The van der Waals surface area contributed by atoms with Crippen LogP contribution >= 0.6 is 0 Å². The highest BCUT2D eigenvalue weighted by Gasteiger charge is 2.35. The van der Waals surface area contributed by atoms with Crippen molar-refractivity contribution in [3.8, 4) is 91.3 Å². The number of para-hydroxylation sites is 8. The minimum absolute atomic E-state index is 0. The van der Waals surface area contributed by atoms with Gasteiger partial charge in [-0.15, -0.1) is 0 Å². The summed E-state index contributed by atoms with van der Waals surface area (Å²) >= 11 is 0. The summed E-state index contributed by atoms with van der Waals surface area (Å²) < 4.78 is 45.4. The summed E-state index contributed by atoms with van der Waals surface area (Å²) in [5.41, 5.74) is 22.9. The molecule has 0 spiro atoms. The minimum atomic E-state index is -0.745. The molecule has 0 amide bonds. The van der Waals surface area contributed by atoms with Gasteiger partial charge in [-0.1, -0.05) is 194 Å². The molecule has 10 heterocycles. The Kier molecular flexibility index (Phi) is 16.2. The molecule has 0 aliphatic carbocycles. The first-order valence-corrected chi connectivity index (χ1v) is 40.5. The monoisotopic (exact) mass is 1570 g/mol. The SMILES string of the molecule is Cc1c(-n2c3ccc(-c4ccccn4)cc3c3cc(-c4ccccn4)ccc32)c(-n2c3ccccc3c3ccccc32)c(C#N)c(-n2c3ccccc3c3ccccc32)c1-n1c2ccc(-c3ccccn3)cc2c2cc(-c3ccccn3)ccc21.Cc1c(F)c(-n2c3ccccc3c3ccccc32)c(C#N)c(-n2c3ccccc3c3ccccc32)c1F.[2HH]. The minimum Gasteiger partial charge on any atom is -0.307 e. The number of fused-ring (bicyclic) bond motifs is 18. The van der Waals surface area contributed by atoms with Crippen LogP contribution in [0.1, 0.15) is 23.7 Å². The number of benzene rings is 14. The third-order valence-corrected chi connectivity index (χ3v) is 24.4. The fourth-order valence-corrected chi connectivity index (χ4v) is 19.2. The largest absolute Gasteiger partial charge is 0.307 e. The molecule has 0 saturated carbocycles. The summed E-state index contributed by atoms with van der Waals surface area (Å²) in [6.07, 6.45) is 7.39. The van der Waals surface area contributed by atoms with Crippen molar-refractivity contribution in [1.29, 1.82) is 10.5 Å². The molecule has 14 heteroatoms. The van der Waals surface area contributed by atoms with E-state index in [4.69, 9.17) is 19.9 Å². The molecule has 24 rings (SSSR count). The molecule has 0 unspecified atom stereocenters. The van der Waals surface area contributed by atoms with Crippen molar-refractivity contribution in [2.75, 3.05) is 0 Å². The van der Waals surface area contributed by atoms with E-state index in [1.165, 1.54) is 6.92 Å². The van der Waals surface area contributed by atoms with E-state index in [9.17, 15) is 10.5 Å². The number of hydrogen-bond acceptors (Lipinski definition) is 6. The molecular formula is C108H68F2N12. The number of nitrogens with zero attached hydrogens (tertiary/aromatic N) is 12. The smallest absolute Gasteiger partial charge is 0.154 e. The van der Waals surface area contributed by atoms with Crippen LogP contribution in [-0.4, -0.2) is 47.3 Å². The maximum Gasteiger partial charge on any atom is 0.154 e. The molecule has 0 fully saturated rings. The number of halogens is 2. The Hall–Kier alpha value is -16.7. The van der Waals surface area contributed by atoms with Crippen molar-refractivity contribution >= 4 is 131 Å². The van der Waals surface area contributed by atoms with Gasteiger partial charge in [-0.2, -0.15) is 10.5 Å². The Bertz CT molecular complexity index is 7710. The van der Waals surface area contributed by atoms with Crippen molar-refractivity contribution in [2.24, 2.45) is 0 Å². The fourth-order valence-electron chi connectivity index (χ4n) is 19.2. The van der Waals surface area contributed by atoms with E-state index in [0.717, 1.165) is 204 Å². The lowest BCUT2D eigenvalue weighted by Crippen LogP contribution is -2.16. The number of aromatic nitrogens is 10. The zero-order chi connectivity index (χ0) is 81.5. The Morgan fingerprint density at radius 2 is 0.418 bits per heavy atom. The Balaban J connectivity index is 0.000000198. The van der Waals surface area contributed by atoms with Gasteiger partial charge >= 0.3 is 0 Å². The van der Waals surface area contributed by atoms with Crippen LogP contribution in [0.2, 0.25) is 0 Å². The highest BCUT2D eigenvalue weighted by molar-refractivity contribution is 6.18. The highest BCUT2D eigenvalue weighted by atomic mass is 19.1. The van der Waals surface area contributed by atoms with Crippen LogP contribution in [0.15, 0.2) is 365 Å². The second kappa shape index (κ2) is 28.0. The van der Waals surface area contributed by atoms with Gasteiger partial charge in [-0.05, 0) is 159 Å². The topological polar surface area (TPSA) is 129 Å². The van der Waals surface area contributed by atoms with Crippen LogP contribution in [0.5, 0.6) is 0 Å². The third kappa shape index (κ3) is 10.6. The summed E-state index contributed by atoms with van der Waals surface area (Å²) in [7, 11) is 0. The van der Waals surface area contributed by atoms with E-state index in [2.05, 4.69) is 231 Å². The lowest BCUT2D eigenvalue weighted by Gasteiger charge is -2.28. The van der Waals surface area contributed by atoms with E-state index >= 15 is 8.78 Å². The molecule has 0 aliphatic rings. The maximum atomic E-state index is 16.2. The molecule has 24 aromatic rings. The van der Waals surface area contributed by atoms with Crippen molar-refractivity contribution in [2.45, 2.75) is 13.8 Å². The van der Waals surface area contributed by atoms with E-state index in [1.807, 2.05) is 170 Å². The lowest BCUT2D eigenvalue weighted by molar-refractivity contribution is 0.560. The highest BCUT2D eigenvalue weighted by Crippen LogP contribution is 2.51. The average Bonchev–Trinajstić information content (AvgIpc) is 1.56. The Morgan fingerprint density at radius 3 is 0.639 bits per heavy atom. The van der Waals surface area contributed by atoms with Gasteiger partial charge < -0.3 is 27.4 Å². The molecule has 0 radical (unpaired) electrons. The quantitative estimate of drug-likeness (QED) is 0.134. The molecule has 574 valence electrons. The van der Waals surface area contributed by atoms with Gasteiger partial charge in [0.25, 0.3) is 0 Å². The van der Waals surface area contributed by atoms with E-state index < -0.39 is 11.6 Å². The van der Waals surface area contributed by atoms with Crippen LogP contribution < -0.4 is 0 Å². The lowest BCUT2D eigenvalue weighted by atomic mass is 9.99. The van der Waals surface area contributed by atoms with Gasteiger partial charge in [0.15, 0.2) is 11.6 Å². The van der Waals surface area contributed by atoms with Gasteiger partial charge in [0.2, 0.25) is 0 Å². The molecule has 10 aromatic heterocycles. The zero-order valence-electron chi connectivity index (χ0n) is 65.8. The molecule has 0 bridgehead atoms. The predicted octanol–water partition coefficient (Wildman–Crippen LogP) is 27.1. The van der Waals surface area contributed by atoms with Crippen LogP contribution in [0.25, 0.3) is 210 Å². The van der Waals surface area contributed by atoms with Crippen molar-refractivity contribution in [1.82, 2.24) is 47.3 Å². The molecule has 122 heavy (non-hydrogen) atoms. The molecular weight excluding hydrogens is 1500 g/mol. The number of hydrogen-bond donors (Lipinski definition) is 0. The normalized spacial score (nSPS) is 11.8. The summed E-state index contributed by atoms with van der Waals surface area (Å²) in [4.78, 5) is 19.4. The Labute approximate surface area is 698 Å². The van der Waals surface area contributed by atoms with Gasteiger partial charge in [-0.25, -0.2) is 8.78 Å². The molecule has 0 N–H and O–H groups in total. The number of rotatable bonds is 10. The zero-order valence-corrected chi connectivity index (χ0v) is 65.8. The van der Waals surface area contributed by atoms with Crippen molar-refractivity contribution in [3.63, 3.8) is 0 Å². The molecule has 0 aliphatic heterocycles. The van der Waals surface area contributed by atoms with Crippen LogP contribution in [-0.2, 0) is 0 Å². The maximum absolute atomic E-state index is 16.2. The van der Waals surface area contributed by atoms with Crippen molar-refractivity contribution in [3.05, 3.63) is 398 Å². The summed E-state index contributed by atoms with van der Waals surface area (Å²) in [5, 5.41) is 35.6. The standard InChI is InChI=1S/C76H47N9.C32H19F2N3.H2/c1-47-73(82-69-34-30-48(61-22-10-14-38-78-61)42-56(69)57-43-49(31-35-70(57)82)62-23-11-15-39-79-62)75(84-65-26-6-2-18-52(65)53-19-3-7-27-66(53)84)60(46-77)76(85-67-28-8-4-20-54(67)55-21-5-9-29-68(55)85)74(47)83-71-36-32-50(63-24-12-16-40-80-63)44-58(71)59-45-51(33-37-72(59)83)64-25-13-17-41-81-64;1-19-29(33)31(36-25-14-6-2-10-20(25)21-11-3-7-15-26(21)36)24(18-35)32(30(19)34)37-27-16-8-4-12-22(27)23-13-5-9-17-28(23)37;/h2-45H,1H3;2-17H,1H3;1H/i;;1+1. The summed E-state index contributed by atoms with van der Waals surface area (Å²) in [5.74, 6) is -1.49. The second-order valence-electron chi connectivity index (χ2n) is 30.9. The average molecular weight is 1570 g/mol. The van der Waals surface area contributed by atoms with Crippen molar-refractivity contribution < 1.29 is 10.2 Å². The van der Waals surface area contributed by atoms with Gasteiger partial charge in [0.05, 0.1) is 112 Å². The first-order chi connectivity index (χ1) is 60.2. The van der Waals surface area contributed by atoms with E-state index in [0.29, 0.717) is 5.56 Å². The third-order valence-electron chi connectivity index (χ3n) is 24.4. The van der Waals surface area contributed by atoms with E-state index in [1.54, 1.807) is 9.13 Å². The van der Waals surface area contributed by atoms with Gasteiger partial charge in [-0.3, -0.25) is 19.9 Å². The predicted molar refractivity (Wildman–Crippen MR) is 493 cm³/mol. The van der Waals surface area contributed by atoms with E-state index in [-0.39, 0.29) is 23.9 Å². The first kappa shape index (κ1) is 70.7. The van der Waals surface area contributed by atoms with Gasteiger partial charge in [0.1, 0.15) is 34.6 Å². The van der Waals surface area contributed by atoms with Crippen LogP contribution in [0.4, 0.5) is 8.78 Å². The fraction of sp³-hybridized carbons (Fsp3) is 0.0185. The molecule has 0 saturated heterocycles. The molecule has 0 atom stereocenters. The van der Waals surface area contributed by atoms with Crippen LogP contribution in [0, 0.1) is 48.1 Å². The summed E-state index contributed by atoms with van der Waals surface area (Å²) in [6.45, 7) is 3.70. The molecule has 14 aromatic carbocycles. The number of nitriles is 2. The summed E-state index contributed by atoms with van der Waals surface area (Å²) in [6, 6.07) is 121. The van der Waals surface area contributed by atoms with Gasteiger partial charge in [0, 0.05) is 124 Å². The number of pyridine rings is 4.